The molecule has 1 aromatic rings. The molecule has 0 fully saturated rings. The molecule has 1 aliphatic heterocycles. The van der Waals surface area contributed by atoms with Gasteiger partial charge in [-0.3, -0.25) is 9.59 Å². The number of ether oxygens (including phenoxy) is 2. The molecule has 0 aliphatic carbocycles. The van der Waals surface area contributed by atoms with Crippen LogP contribution in [0.2, 0.25) is 0 Å². The number of hydrogen-bond acceptors (Lipinski definition) is 6. The van der Waals surface area contributed by atoms with Crippen molar-refractivity contribution in [3.8, 4) is 5.75 Å². The Hall–Kier alpha value is -2.42. The van der Waals surface area contributed by atoms with Gasteiger partial charge in [0.25, 0.3) is 0 Å². The third-order valence-corrected chi connectivity index (χ3v) is 4.31. The minimum atomic E-state index is -0.594. The molecule has 1 aromatic carbocycles. The fraction of sp³-hybridized carbons (Fsp3) is 0.500. The number of methoxy groups -OCH3 is 1. The van der Waals surface area contributed by atoms with E-state index in [1.54, 1.807) is 38.3 Å². The van der Waals surface area contributed by atoms with Crippen LogP contribution in [-0.4, -0.2) is 74.4 Å². The molecule has 2 amide bonds. The van der Waals surface area contributed by atoms with Crippen molar-refractivity contribution in [1.29, 1.82) is 0 Å². The molecule has 2 rings (SSSR count). The quantitative estimate of drug-likeness (QED) is 0.515. The maximum absolute atomic E-state index is 12.3. The second-order valence-corrected chi connectivity index (χ2v) is 6.90. The molecule has 0 saturated heterocycles. The van der Waals surface area contributed by atoms with Gasteiger partial charge in [0.05, 0.1) is 38.8 Å². The Morgan fingerprint density at radius 1 is 1.21 bits per heavy atom. The van der Waals surface area contributed by atoms with Crippen molar-refractivity contribution in [3.05, 3.63) is 42.0 Å². The predicted molar refractivity (Wildman–Crippen MR) is 105 cm³/mol. The van der Waals surface area contributed by atoms with E-state index < -0.39 is 18.2 Å². The van der Waals surface area contributed by atoms with E-state index in [-0.39, 0.29) is 31.4 Å². The zero-order valence-electron chi connectivity index (χ0n) is 16.6. The first-order valence-electron chi connectivity index (χ1n) is 9.20. The van der Waals surface area contributed by atoms with Crippen LogP contribution in [0, 0.1) is 0 Å². The summed E-state index contributed by atoms with van der Waals surface area (Å²) in [6, 6.07) is 7.05. The number of benzene rings is 1. The Morgan fingerprint density at radius 3 is 2.64 bits per heavy atom. The molecule has 3 N–H and O–H groups in total. The van der Waals surface area contributed by atoms with Crippen LogP contribution in [0.3, 0.4) is 0 Å². The summed E-state index contributed by atoms with van der Waals surface area (Å²) in [5, 5.41) is 15.2. The van der Waals surface area contributed by atoms with Gasteiger partial charge in [0.2, 0.25) is 11.8 Å². The number of likely N-dealkylation sites (N-methyl/N-ethyl adjacent to an activating group) is 1. The van der Waals surface area contributed by atoms with Crippen molar-refractivity contribution in [1.82, 2.24) is 15.5 Å². The monoisotopic (exact) mass is 391 g/mol. The van der Waals surface area contributed by atoms with Crippen LogP contribution < -0.4 is 15.4 Å². The molecule has 1 heterocycles. The molecule has 3 atom stereocenters. The zero-order valence-corrected chi connectivity index (χ0v) is 16.6. The van der Waals surface area contributed by atoms with E-state index >= 15 is 0 Å². The van der Waals surface area contributed by atoms with Gasteiger partial charge in [0.1, 0.15) is 11.9 Å². The lowest BCUT2D eigenvalue weighted by Gasteiger charge is -2.32. The molecule has 8 heteroatoms. The Labute approximate surface area is 165 Å². The summed E-state index contributed by atoms with van der Waals surface area (Å²) in [5.41, 5.74) is 0.885. The van der Waals surface area contributed by atoms with Crippen molar-refractivity contribution in [2.75, 3.05) is 34.4 Å². The second kappa shape index (κ2) is 10.8. The molecule has 0 aromatic heterocycles. The van der Waals surface area contributed by atoms with Crippen LogP contribution in [0.15, 0.2) is 36.4 Å². The molecule has 0 saturated carbocycles. The van der Waals surface area contributed by atoms with Gasteiger partial charge in [-0.15, -0.1) is 0 Å². The van der Waals surface area contributed by atoms with Crippen LogP contribution >= 0.6 is 0 Å². The first-order chi connectivity index (χ1) is 13.4. The Bertz CT molecular complexity index is 692. The minimum absolute atomic E-state index is 0.126. The van der Waals surface area contributed by atoms with E-state index in [0.717, 1.165) is 5.56 Å². The number of aliphatic hydroxyl groups excluding tert-OH is 1. The average molecular weight is 391 g/mol. The first-order valence-corrected chi connectivity index (χ1v) is 9.20. The van der Waals surface area contributed by atoms with Gasteiger partial charge in [-0.05, 0) is 20.2 Å². The molecule has 0 radical (unpaired) electrons. The van der Waals surface area contributed by atoms with Gasteiger partial charge in [0, 0.05) is 12.1 Å². The Balaban J connectivity index is 1.86. The van der Waals surface area contributed by atoms with E-state index in [9.17, 15) is 14.7 Å². The van der Waals surface area contributed by atoms with Crippen molar-refractivity contribution >= 4 is 11.8 Å². The number of nitrogens with one attached hydrogen (secondary N) is 2. The summed E-state index contributed by atoms with van der Waals surface area (Å²) in [4.78, 5) is 25.9. The topological polar surface area (TPSA) is 100 Å². The third-order valence-electron chi connectivity index (χ3n) is 4.31. The van der Waals surface area contributed by atoms with Crippen LogP contribution in [0.4, 0.5) is 0 Å². The lowest BCUT2D eigenvalue weighted by Crippen LogP contribution is -2.50. The number of rotatable bonds is 9. The largest absolute Gasteiger partial charge is 0.496 e. The number of amides is 2. The summed E-state index contributed by atoms with van der Waals surface area (Å²) in [6.45, 7) is 0.347. The fourth-order valence-electron chi connectivity index (χ4n) is 2.95. The number of carbonyl (C=O) groups excluding carboxylic acids is 2. The third kappa shape index (κ3) is 6.63. The zero-order chi connectivity index (χ0) is 20.5. The SMILES string of the molecule is COc1ccccc1CNC(=O)C[C@H]1C=C[C@@H](NC(=O)CN(C)C)[C@H](CO)O1. The van der Waals surface area contributed by atoms with Crippen LogP contribution in [-0.2, 0) is 20.9 Å². The summed E-state index contributed by atoms with van der Waals surface area (Å²) in [7, 11) is 5.19. The highest BCUT2D eigenvalue weighted by Crippen LogP contribution is 2.18. The lowest BCUT2D eigenvalue weighted by atomic mass is 10.0. The maximum Gasteiger partial charge on any atom is 0.234 e. The van der Waals surface area contributed by atoms with E-state index in [0.29, 0.717) is 12.3 Å². The van der Waals surface area contributed by atoms with Gasteiger partial charge >= 0.3 is 0 Å². The van der Waals surface area contributed by atoms with Gasteiger partial charge in [0.15, 0.2) is 0 Å². The molecular formula is C20H29N3O5. The number of aliphatic hydroxyl groups is 1. The smallest absolute Gasteiger partial charge is 0.234 e. The van der Waals surface area contributed by atoms with Crippen molar-refractivity contribution < 1.29 is 24.2 Å². The molecule has 1 aliphatic rings. The van der Waals surface area contributed by atoms with Crippen molar-refractivity contribution in [3.63, 3.8) is 0 Å². The summed E-state index contributed by atoms with van der Waals surface area (Å²) in [6.07, 6.45) is 2.59. The molecule has 8 nitrogen and oxygen atoms in total. The van der Waals surface area contributed by atoms with Crippen molar-refractivity contribution in [2.24, 2.45) is 0 Å². The Morgan fingerprint density at radius 2 is 1.96 bits per heavy atom. The molecule has 0 unspecified atom stereocenters. The summed E-state index contributed by atoms with van der Waals surface area (Å²) < 4.78 is 11.0. The van der Waals surface area contributed by atoms with Gasteiger partial charge in [-0.2, -0.15) is 0 Å². The molecule has 0 spiro atoms. The van der Waals surface area contributed by atoms with Crippen LogP contribution in [0.25, 0.3) is 0 Å². The maximum atomic E-state index is 12.3. The van der Waals surface area contributed by atoms with Gasteiger partial charge in [-0.25, -0.2) is 0 Å². The minimum Gasteiger partial charge on any atom is -0.496 e. The Kier molecular flexibility index (Phi) is 8.43. The summed E-state index contributed by atoms with van der Waals surface area (Å²) >= 11 is 0. The number of nitrogens with zero attached hydrogens (tertiary/aromatic N) is 1. The molecular weight excluding hydrogens is 362 g/mol. The molecule has 154 valence electrons. The fourth-order valence-corrected chi connectivity index (χ4v) is 2.95. The number of para-hydroxylation sites is 1. The number of carbonyl (C=O) groups is 2. The standard InChI is InChI=1S/C20H29N3O5/c1-23(2)12-20(26)22-16-9-8-15(28-18(16)13-24)10-19(25)21-11-14-6-4-5-7-17(14)27-3/h4-9,15-16,18,24H,10-13H2,1-3H3,(H,21,25)(H,22,26)/t15-,16-,18+/m1/s1. The lowest BCUT2D eigenvalue weighted by molar-refractivity contribution is -0.128. The van der Waals surface area contributed by atoms with Gasteiger partial charge in [-0.1, -0.05) is 30.4 Å². The second-order valence-electron chi connectivity index (χ2n) is 6.90. The van der Waals surface area contributed by atoms with E-state index in [4.69, 9.17) is 9.47 Å². The highest BCUT2D eigenvalue weighted by molar-refractivity contribution is 5.79. The predicted octanol–water partition coefficient (Wildman–Crippen LogP) is 0.0638. The highest BCUT2D eigenvalue weighted by atomic mass is 16.5. The van der Waals surface area contributed by atoms with Gasteiger partial charge < -0.3 is 30.1 Å². The average Bonchev–Trinajstić information content (AvgIpc) is 2.67. The summed E-state index contributed by atoms with van der Waals surface area (Å²) in [5.74, 6) is 0.385. The first kappa shape index (κ1) is 21.9. The molecule has 0 bridgehead atoms. The van der Waals surface area contributed by atoms with E-state index in [2.05, 4.69) is 10.6 Å². The van der Waals surface area contributed by atoms with Crippen LogP contribution in [0.5, 0.6) is 5.75 Å². The van der Waals surface area contributed by atoms with E-state index in [1.807, 2.05) is 24.3 Å². The highest BCUT2D eigenvalue weighted by Gasteiger charge is 2.29. The van der Waals surface area contributed by atoms with Crippen LogP contribution in [0.1, 0.15) is 12.0 Å². The van der Waals surface area contributed by atoms with E-state index in [1.165, 1.54) is 0 Å². The van der Waals surface area contributed by atoms with Crippen molar-refractivity contribution in [2.45, 2.75) is 31.2 Å². The number of hydrogen-bond donors (Lipinski definition) is 3. The molecule has 28 heavy (non-hydrogen) atoms. The normalized spacial score (nSPS) is 21.4.